The first-order valence-corrected chi connectivity index (χ1v) is 9.28. The van der Waals surface area contributed by atoms with Crippen LogP contribution in [0.1, 0.15) is 26.3 Å². The molecule has 0 saturated heterocycles. The third-order valence-corrected chi connectivity index (χ3v) is 4.46. The predicted molar refractivity (Wildman–Crippen MR) is 113 cm³/mol. The molecule has 30 heavy (non-hydrogen) atoms. The lowest BCUT2D eigenvalue weighted by Crippen LogP contribution is -2.19. The minimum atomic E-state index is -0.637. The Bertz CT molecular complexity index is 1120. The largest absolute Gasteiger partial charge is 0.409 e. The maximum absolute atomic E-state index is 13.8. The minimum absolute atomic E-state index is 0.0682. The molecule has 5 N–H and O–H groups in total. The molecular formula is C20H15BrFN5O3. The highest BCUT2D eigenvalue weighted by atomic mass is 79.9. The number of amidine groups is 1. The molecule has 1 aromatic heterocycles. The minimum Gasteiger partial charge on any atom is -0.409 e. The smallest absolute Gasteiger partial charge is 0.259 e. The number of nitrogens with two attached hydrogens (primary N) is 1. The second-order valence-electron chi connectivity index (χ2n) is 6.02. The lowest BCUT2D eigenvalue weighted by atomic mass is 10.1. The van der Waals surface area contributed by atoms with Crippen molar-refractivity contribution in [3.63, 3.8) is 0 Å². The zero-order chi connectivity index (χ0) is 21.7. The van der Waals surface area contributed by atoms with Gasteiger partial charge in [0.2, 0.25) is 0 Å². The number of nitrogens with one attached hydrogen (secondary N) is 2. The number of aromatic nitrogens is 1. The molecule has 2 aromatic carbocycles. The lowest BCUT2D eigenvalue weighted by molar-refractivity contribution is 0.102. The second kappa shape index (κ2) is 9.14. The van der Waals surface area contributed by atoms with Gasteiger partial charge in [-0.2, -0.15) is 0 Å². The van der Waals surface area contributed by atoms with Gasteiger partial charge in [0, 0.05) is 21.8 Å². The molecular weight excluding hydrogens is 457 g/mol. The van der Waals surface area contributed by atoms with Gasteiger partial charge in [0.05, 0.1) is 11.3 Å². The average Bonchev–Trinajstić information content (AvgIpc) is 2.76. The van der Waals surface area contributed by atoms with E-state index < -0.39 is 17.6 Å². The Morgan fingerprint density at radius 2 is 1.70 bits per heavy atom. The molecule has 0 saturated carbocycles. The number of rotatable bonds is 5. The normalized spacial score (nSPS) is 11.1. The van der Waals surface area contributed by atoms with Crippen LogP contribution >= 0.6 is 15.9 Å². The van der Waals surface area contributed by atoms with Crippen LogP contribution in [0.2, 0.25) is 0 Å². The summed E-state index contributed by atoms with van der Waals surface area (Å²) in [4.78, 5) is 29.2. The van der Waals surface area contributed by atoms with Crippen LogP contribution in [0.5, 0.6) is 0 Å². The van der Waals surface area contributed by atoms with Crippen LogP contribution in [0.25, 0.3) is 0 Å². The number of hydrogen-bond donors (Lipinski definition) is 4. The van der Waals surface area contributed by atoms with Crippen LogP contribution in [0.3, 0.4) is 0 Å². The molecule has 0 atom stereocenters. The summed E-state index contributed by atoms with van der Waals surface area (Å²) in [7, 11) is 0. The number of amides is 2. The predicted octanol–water partition coefficient (Wildman–Crippen LogP) is 3.58. The van der Waals surface area contributed by atoms with E-state index in [1.807, 2.05) is 0 Å². The number of pyridine rings is 1. The first-order chi connectivity index (χ1) is 14.4. The van der Waals surface area contributed by atoms with E-state index in [9.17, 15) is 14.0 Å². The third kappa shape index (κ3) is 4.97. The number of anilines is 2. The Hall–Kier alpha value is -3.79. The van der Waals surface area contributed by atoms with E-state index in [2.05, 4.69) is 36.7 Å². The fourth-order valence-electron chi connectivity index (χ4n) is 2.49. The molecule has 0 radical (unpaired) electrons. The van der Waals surface area contributed by atoms with E-state index in [1.54, 1.807) is 12.1 Å². The van der Waals surface area contributed by atoms with Gasteiger partial charge >= 0.3 is 0 Å². The highest BCUT2D eigenvalue weighted by Crippen LogP contribution is 2.20. The molecule has 0 aliphatic heterocycles. The molecule has 10 heteroatoms. The average molecular weight is 472 g/mol. The van der Waals surface area contributed by atoms with Gasteiger partial charge in [-0.25, -0.2) is 9.37 Å². The first-order valence-electron chi connectivity index (χ1n) is 8.49. The molecule has 3 aromatic rings. The number of halogens is 2. The van der Waals surface area contributed by atoms with Crippen LogP contribution in [-0.2, 0) is 0 Å². The summed E-state index contributed by atoms with van der Waals surface area (Å²) < 4.78 is 14.5. The van der Waals surface area contributed by atoms with Gasteiger partial charge in [0.15, 0.2) is 5.84 Å². The van der Waals surface area contributed by atoms with Crippen molar-refractivity contribution in [2.45, 2.75) is 0 Å². The van der Waals surface area contributed by atoms with E-state index in [0.29, 0.717) is 5.56 Å². The summed E-state index contributed by atoms with van der Waals surface area (Å²) in [5, 5.41) is 16.7. The number of nitrogens with zero attached hydrogens (tertiary/aromatic N) is 2. The van der Waals surface area contributed by atoms with Gasteiger partial charge in [-0.05, 0) is 58.4 Å². The van der Waals surface area contributed by atoms with Gasteiger partial charge < -0.3 is 21.6 Å². The maximum atomic E-state index is 13.8. The van der Waals surface area contributed by atoms with Crippen molar-refractivity contribution >= 4 is 45.1 Å². The Balaban J connectivity index is 1.81. The van der Waals surface area contributed by atoms with Gasteiger partial charge in [0.25, 0.3) is 11.8 Å². The van der Waals surface area contributed by atoms with Crippen LogP contribution in [-0.4, -0.2) is 27.8 Å². The summed E-state index contributed by atoms with van der Waals surface area (Å²) in [6.45, 7) is 0. The summed E-state index contributed by atoms with van der Waals surface area (Å²) in [5.41, 5.74) is 6.24. The van der Waals surface area contributed by atoms with Crippen LogP contribution in [0.15, 0.2) is 70.4 Å². The van der Waals surface area contributed by atoms with E-state index in [4.69, 9.17) is 10.9 Å². The second-order valence-corrected chi connectivity index (χ2v) is 6.94. The van der Waals surface area contributed by atoms with E-state index in [1.165, 1.54) is 36.5 Å². The van der Waals surface area contributed by atoms with E-state index >= 15 is 0 Å². The summed E-state index contributed by atoms with van der Waals surface area (Å²) in [6.07, 6.45) is 1.50. The Morgan fingerprint density at radius 3 is 2.33 bits per heavy atom. The molecule has 0 aliphatic rings. The van der Waals surface area contributed by atoms with Gasteiger partial charge in [0.1, 0.15) is 11.6 Å². The van der Waals surface area contributed by atoms with Crippen molar-refractivity contribution in [2.75, 3.05) is 10.6 Å². The molecule has 0 fully saturated rings. The summed E-state index contributed by atoms with van der Waals surface area (Å²) in [5.74, 6) is -1.63. The summed E-state index contributed by atoms with van der Waals surface area (Å²) in [6, 6.07) is 12.6. The van der Waals surface area contributed by atoms with Crippen molar-refractivity contribution in [2.24, 2.45) is 10.9 Å². The quantitative estimate of drug-likeness (QED) is 0.195. The van der Waals surface area contributed by atoms with Crippen molar-refractivity contribution in [3.05, 3.63) is 87.8 Å². The molecule has 0 bridgehead atoms. The number of hydrogen-bond acceptors (Lipinski definition) is 5. The topological polar surface area (TPSA) is 130 Å². The van der Waals surface area contributed by atoms with E-state index in [-0.39, 0.29) is 28.5 Å². The van der Waals surface area contributed by atoms with Crippen LogP contribution in [0.4, 0.5) is 15.9 Å². The summed E-state index contributed by atoms with van der Waals surface area (Å²) >= 11 is 3.25. The zero-order valence-corrected chi connectivity index (χ0v) is 16.9. The number of carbonyl (C=O) groups excluding carboxylic acids is 2. The third-order valence-electron chi connectivity index (χ3n) is 3.99. The Kier molecular flexibility index (Phi) is 6.38. The molecule has 0 unspecified atom stereocenters. The highest BCUT2D eigenvalue weighted by Gasteiger charge is 2.16. The fraction of sp³-hybridized carbons (Fsp3) is 0. The lowest BCUT2D eigenvalue weighted by Gasteiger charge is -2.12. The van der Waals surface area contributed by atoms with Gasteiger partial charge in [-0.3, -0.25) is 9.59 Å². The van der Waals surface area contributed by atoms with Crippen LogP contribution in [0, 0.1) is 5.82 Å². The molecule has 0 aliphatic carbocycles. The zero-order valence-electron chi connectivity index (χ0n) is 15.3. The first kappa shape index (κ1) is 20.9. The number of benzene rings is 2. The standard InChI is InChI=1S/C20H15BrFN5O3/c21-13-5-8-17(24-10-13)26-20(29)15-9-14(22)6-7-16(15)25-19(28)12-3-1-11(2-4-12)18(23)27-30/h1-10,30H,(H2,23,27)(H,25,28)(H,24,26,29). The van der Waals surface area contributed by atoms with Crippen LogP contribution < -0.4 is 16.4 Å². The molecule has 8 nitrogen and oxygen atoms in total. The maximum Gasteiger partial charge on any atom is 0.259 e. The fourth-order valence-corrected chi connectivity index (χ4v) is 2.73. The number of oxime groups is 1. The monoisotopic (exact) mass is 471 g/mol. The highest BCUT2D eigenvalue weighted by molar-refractivity contribution is 9.10. The Morgan fingerprint density at radius 1 is 1.00 bits per heavy atom. The SMILES string of the molecule is N/C(=N\O)c1ccc(C(=O)Nc2ccc(F)cc2C(=O)Nc2ccc(Br)cn2)cc1. The van der Waals surface area contributed by atoms with Crippen molar-refractivity contribution in [1.29, 1.82) is 0 Å². The molecule has 2 amide bonds. The molecule has 3 rings (SSSR count). The van der Waals surface area contributed by atoms with Gasteiger partial charge in [-0.1, -0.05) is 17.3 Å². The molecule has 1 heterocycles. The van der Waals surface area contributed by atoms with Crippen molar-refractivity contribution in [1.82, 2.24) is 4.98 Å². The van der Waals surface area contributed by atoms with Gasteiger partial charge in [-0.15, -0.1) is 0 Å². The Labute approximate surface area is 178 Å². The van der Waals surface area contributed by atoms with Crippen molar-refractivity contribution < 1.29 is 19.2 Å². The van der Waals surface area contributed by atoms with Crippen molar-refractivity contribution in [3.8, 4) is 0 Å². The molecule has 0 spiro atoms. The molecule has 152 valence electrons. The van der Waals surface area contributed by atoms with E-state index in [0.717, 1.165) is 16.6 Å². The number of carbonyl (C=O) groups is 2.